The van der Waals surface area contributed by atoms with Gasteiger partial charge in [-0.05, 0) is 4.92 Å². The maximum Gasteiger partial charge on any atom is 0.575 e. The second kappa shape index (κ2) is 5.04. The quantitative estimate of drug-likeness (QED) is 0.655. The number of hydrogen-bond donors (Lipinski definition) is 1. The fraction of sp³-hybridized carbons (Fsp3) is 0.375. The summed E-state index contributed by atoms with van der Waals surface area (Å²) in [6, 6.07) is 0.794. The molecule has 0 aliphatic carbocycles. The van der Waals surface area contributed by atoms with Crippen LogP contribution in [0.1, 0.15) is 5.56 Å². The Labute approximate surface area is 97.9 Å². The van der Waals surface area contributed by atoms with Gasteiger partial charge in [0.25, 0.3) is 0 Å². The molecule has 0 aliphatic rings. The first-order valence-electron chi connectivity index (χ1n) is 4.37. The van der Waals surface area contributed by atoms with Crippen molar-refractivity contribution in [2.75, 3.05) is 7.11 Å². The first kappa shape index (κ1) is 14.0. The summed E-state index contributed by atoms with van der Waals surface area (Å²) in [7, 11) is 1.02. The van der Waals surface area contributed by atoms with Crippen LogP contribution in [-0.2, 0) is 6.61 Å². The average Bonchev–Trinajstić information content (AvgIpc) is 2.25. The standard InChI is InChI=1S/C8H7F3N2O5/c1-17-6-4(3-14)2-5(13(15)16)12-7(6)18-8(9,10)11/h2,14H,3H2,1H3. The lowest BCUT2D eigenvalue weighted by molar-refractivity contribution is -0.390. The molecule has 0 atom stereocenters. The normalized spacial score (nSPS) is 11.2. The maximum absolute atomic E-state index is 12.1. The highest BCUT2D eigenvalue weighted by Crippen LogP contribution is 2.35. The summed E-state index contributed by atoms with van der Waals surface area (Å²) in [5.74, 6) is -2.53. The van der Waals surface area contributed by atoms with E-state index in [4.69, 9.17) is 5.11 Å². The van der Waals surface area contributed by atoms with Gasteiger partial charge in [-0.25, -0.2) is 0 Å². The zero-order valence-corrected chi connectivity index (χ0v) is 8.89. The Morgan fingerprint density at radius 2 is 2.17 bits per heavy atom. The van der Waals surface area contributed by atoms with Gasteiger partial charge in [0, 0.05) is 16.6 Å². The lowest BCUT2D eigenvalue weighted by Gasteiger charge is -2.10. The molecule has 0 amide bonds. The first-order chi connectivity index (χ1) is 8.28. The van der Waals surface area contributed by atoms with Crippen LogP contribution in [0.4, 0.5) is 19.0 Å². The molecule has 10 heteroatoms. The Balaban J connectivity index is 3.35. The summed E-state index contributed by atoms with van der Waals surface area (Å²) < 4.78 is 44.3. The van der Waals surface area contributed by atoms with Crippen LogP contribution in [0.15, 0.2) is 6.07 Å². The van der Waals surface area contributed by atoms with Crippen molar-refractivity contribution in [2.45, 2.75) is 13.0 Å². The minimum Gasteiger partial charge on any atom is -0.489 e. The Kier molecular flexibility index (Phi) is 3.91. The van der Waals surface area contributed by atoms with Crippen molar-refractivity contribution in [1.29, 1.82) is 0 Å². The van der Waals surface area contributed by atoms with E-state index in [9.17, 15) is 23.3 Å². The van der Waals surface area contributed by atoms with Crippen LogP contribution in [0.5, 0.6) is 11.6 Å². The molecule has 0 spiro atoms. The van der Waals surface area contributed by atoms with Crippen LogP contribution in [0.3, 0.4) is 0 Å². The Hall–Kier alpha value is -2.10. The minimum atomic E-state index is -5.08. The number of ether oxygens (including phenoxy) is 2. The number of rotatable bonds is 4. The predicted octanol–water partition coefficient (Wildman–Crippen LogP) is 1.39. The third-order valence-electron chi connectivity index (χ3n) is 1.78. The van der Waals surface area contributed by atoms with Crippen molar-refractivity contribution in [3.63, 3.8) is 0 Å². The molecule has 0 saturated carbocycles. The molecule has 0 unspecified atom stereocenters. The zero-order valence-electron chi connectivity index (χ0n) is 8.89. The van der Waals surface area contributed by atoms with Crippen molar-refractivity contribution >= 4 is 5.82 Å². The van der Waals surface area contributed by atoms with E-state index in [1.807, 2.05) is 0 Å². The van der Waals surface area contributed by atoms with E-state index in [1.165, 1.54) is 0 Å². The number of hydrogen-bond acceptors (Lipinski definition) is 6. The molecule has 1 N–H and O–H groups in total. The number of aliphatic hydroxyl groups excluding tert-OH is 1. The van der Waals surface area contributed by atoms with E-state index in [-0.39, 0.29) is 5.56 Å². The maximum atomic E-state index is 12.1. The summed E-state index contributed by atoms with van der Waals surface area (Å²) in [4.78, 5) is 12.5. The van der Waals surface area contributed by atoms with Gasteiger partial charge >= 0.3 is 18.1 Å². The van der Waals surface area contributed by atoms with E-state index in [0.29, 0.717) is 0 Å². The van der Waals surface area contributed by atoms with Crippen molar-refractivity contribution in [3.05, 3.63) is 21.7 Å². The second-order valence-corrected chi connectivity index (χ2v) is 2.94. The van der Waals surface area contributed by atoms with Crippen LogP contribution in [0.2, 0.25) is 0 Å². The van der Waals surface area contributed by atoms with Crippen molar-refractivity contribution in [2.24, 2.45) is 0 Å². The van der Waals surface area contributed by atoms with Gasteiger partial charge in [0.2, 0.25) is 5.75 Å². The van der Waals surface area contributed by atoms with Gasteiger partial charge in [0.15, 0.2) is 0 Å². The molecule has 0 radical (unpaired) electrons. The highest BCUT2D eigenvalue weighted by molar-refractivity contribution is 5.46. The summed E-state index contributed by atoms with van der Waals surface area (Å²) >= 11 is 0. The second-order valence-electron chi connectivity index (χ2n) is 2.94. The monoisotopic (exact) mass is 268 g/mol. The van der Waals surface area contributed by atoms with Crippen LogP contribution in [0.25, 0.3) is 0 Å². The third-order valence-corrected chi connectivity index (χ3v) is 1.78. The number of nitrogens with zero attached hydrogens (tertiary/aromatic N) is 2. The Morgan fingerprint density at radius 3 is 2.56 bits per heavy atom. The lowest BCUT2D eigenvalue weighted by atomic mass is 10.2. The van der Waals surface area contributed by atoms with Crippen LogP contribution in [0, 0.1) is 10.1 Å². The van der Waals surface area contributed by atoms with E-state index < -0.39 is 35.3 Å². The molecule has 0 aliphatic heterocycles. The fourth-order valence-corrected chi connectivity index (χ4v) is 1.15. The molecule has 0 bridgehead atoms. The van der Waals surface area contributed by atoms with Gasteiger partial charge < -0.3 is 24.7 Å². The molecule has 7 nitrogen and oxygen atoms in total. The van der Waals surface area contributed by atoms with Crippen LogP contribution in [-0.4, -0.2) is 28.5 Å². The van der Waals surface area contributed by atoms with Gasteiger partial charge in [-0.2, -0.15) is 0 Å². The smallest absolute Gasteiger partial charge is 0.489 e. The van der Waals surface area contributed by atoms with E-state index >= 15 is 0 Å². The van der Waals surface area contributed by atoms with Crippen molar-refractivity contribution in [1.82, 2.24) is 4.98 Å². The Bertz CT molecular complexity index is 463. The molecule has 100 valence electrons. The summed E-state index contributed by atoms with van der Waals surface area (Å²) in [5.41, 5.74) is -0.238. The highest BCUT2D eigenvalue weighted by atomic mass is 19.4. The number of pyridine rings is 1. The molecule has 1 rings (SSSR count). The van der Waals surface area contributed by atoms with E-state index in [2.05, 4.69) is 14.5 Å². The predicted molar refractivity (Wildman–Crippen MR) is 50.0 cm³/mol. The van der Waals surface area contributed by atoms with Gasteiger partial charge in [-0.15, -0.1) is 13.2 Å². The van der Waals surface area contributed by atoms with Crippen LogP contribution < -0.4 is 9.47 Å². The van der Waals surface area contributed by atoms with Crippen molar-refractivity contribution in [3.8, 4) is 11.6 Å². The number of nitro groups is 1. The first-order valence-corrected chi connectivity index (χ1v) is 4.37. The minimum absolute atomic E-state index is 0.238. The largest absolute Gasteiger partial charge is 0.575 e. The number of halogens is 3. The lowest BCUT2D eigenvalue weighted by Crippen LogP contribution is -2.19. The molecule has 1 aromatic rings. The van der Waals surface area contributed by atoms with Gasteiger partial charge in [-0.1, -0.05) is 0 Å². The summed E-state index contributed by atoms with van der Waals surface area (Å²) in [5, 5.41) is 19.4. The zero-order chi connectivity index (χ0) is 13.9. The number of methoxy groups -OCH3 is 1. The van der Waals surface area contributed by atoms with Crippen LogP contribution >= 0.6 is 0 Å². The number of aromatic nitrogens is 1. The molecule has 0 saturated heterocycles. The molecular weight excluding hydrogens is 261 g/mol. The summed E-state index contributed by atoms with van der Waals surface area (Å²) in [6.07, 6.45) is -5.08. The topological polar surface area (TPSA) is 94.7 Å². The number of alkyl halides is 3. The van der Waals surface area contributed by atoms with Gasteiger partial charge in [-0.3, -0.25) is 0 Å². The molecule has 1 aromatic heterocycles. The average molecular weight is 268 g/mol. The number of aliphatic hydroxyl groups is 1. The SMILES string of the molecule is COc1c(CO)cc([N+](=O)[O-])nc1OC(F)(F)F. The van der Waals surface area contributed by atoms with Crippen molar-refractivity contribution < 1.29 is 32.7 Å². The summed E-state index contributed by atoms with van der Waals surface area (Å²) in [6.45, 7) is -0.763. The Morgan fingerprint density at radius 1 is 1.56 bits per heavy atom. The third kappa shape index (κ3) is 3.20. The molecular formula is C8H7F3N2O5. The molecule has 0 fully saturated rings. The van der Waals surface area contributed by atoms with E-state index in [0.717, 1.165) is 13.2 Å². The fourth-order valence-electron chi connectivity index (χ4n) is 1.15. The van der Waals surface area contributed by atoms with Gasteiger partial charge in [0.05, 0.1) is 13.7 Å². The highest BCUT2D eigenvalue weighted by Gasteiger charge is 2.37. The molecule has 0 aromatic carbocycles. The molecule has 18 heavy (non-hydrogen) atoms. The molecule has 1 heterocycles. The van der Waals surface area contributed by atoms with E-state index in [1.54, 1.807) is 0 Å². The van der Waals surface area contributed by atoms with Gasteiger partial charge in [0.1, 0.15) is 0 Å².